The Labute approximate surface area is 82.4 Å². The van der Waals surface area contributed by atoms with Gasteiger partial charge in [0, 0.05) is 5.56 Å². The lowest BCUT2D eigenvalue weighted by atomic mass is 10.2. The molecule has 0 bridgehead atoms. The molecular formula is C8H6F3NO3. The number of para-hydroxylation sites is 1. The summed E-state index contributed by atoms with van der Waals surface area (Å²) in [5.41, 5.74) is -0.559. The lowest BCUT2D eigenvalue weighted by Gasteiger charge is -2.09. The lowest BCUT2D eigenvalue weighted by molar-refractivity contribution is -0.389. The minimum atomic E-state index is -4.93. The van der Waals surface area contributed by atoms with Gasteiger partial charge in [0.25, 0.3) is 0 Å². The monoisotopic (exact) mass is 221 g/mol. The maximum atomic E-state index is 11.9. The second-order valence-corrected chi connectivity index (χ2v) is 2.73. The van der Waals surface area contributed by atoms with Gasteiger partial charge in [0.05, 0.1) is 4.92 Å². The van der Waals surface area contributed by atoms with Gasteiger partial charge in [-0.1, -0.05) is 12.1 Å². The second-order valence-electron chi connectivity index (χ2n) is 2.73. The van der Waals surface area contributed by atoms with E-state index in [-0.39, 0.29) is 5.56 Å². The summed E-state index contributed by atoms with van der Waals surface area (Å²) < 4.78 is 39.1. The highest BCUT2D eigenvalue weighted by Gasteiger charge is 2.34. The zero-order valence-electron chi connectivity index (χ0n) is 7.54. The Morgan fingerprint density at radius 3 is 2.47 bits per heavy atom. The van der Waals surface area contributed by atoms with Gasteiger partial charge in [-0.05, 0) is 13.0 Å². The van der Waals surface area contributed by atoms with Crippen molar-refractivity contribution in [2.45, 2.75) is 13.3 Å². The molecule has 1 aromatic rings. The molecule has 0 aliphatic carbocycles. The Hall–Kier alpha value is -1.79. The van der Waals surface area contributed by atoms with Crippen LogP contribution in [0.2, 0.25) is 0 Å². The molecule has 15 heavy (non-hydrogen) atoms. The zero-order chi connectivity index (χ0) is 11.6. The number of hydrogen-bond acceptors (Lipinski definition) is 3. The van der Waals surface area contributed by atoms with Gasteiger partial charge in [-0.15, -0.1) is 13.2 Å². The molecule has 0 amide bonds. The molecule has 1 aromatic carbocycles. The minimum Gasteiger partial charge on any atom is -0.398 e. The molecule has 1 rings (SSSR count). The van der Waals surface area contributed by atoms with Crippen LogP contribution in [-0.4, -0.2) is 11.3 Å². The SMILES string of the molecule is Cc1cccc(OC(F)(F)F)c1[N+](=O)[O-]. The zero-order valence-corrected chi connectivity index (χ0v) is 7.54. The predicted molar refractivity (Wildman–Crippen MR) is 44.5 cm³/mol. The molecule has 0 unspecified atom stereocenters. The summed E-state index contributed by atoms with van der Waals surface area (Å²) >= 11 is 0. The molecule has 0 spiro atoms. The first kappa shape index (κ1) is 11.3. The fourth-order valence-electron chi connectivity index (χ4n) is 1.07. The van der Waals surface area contributed by atoms with Crippen molar-refractivity contribution in [1.29, 1.82) is 0 Å². The number of aryl methyl sites for hydroxylation is 1. The Morgan fingerprint density at radius 1 is 1.40 bits per heavy atom. The molecule has 0 heterocycles. The second kappa shape index (κ2) is 3.76. The van der Waals surface area contributed by atoms with Crippen LogP contribution < -0.4 is 4.74 Å². The maximum absolute atomic E-state index is 11.9. The molecule has 4 nitrogen and oxygen atoms in total. The first-order chi connectivity index (χ1) is 6.81. The van der Waals surface area contributed by atoms with Crippen LogP contribution in [0, 0.1) is 17.0 Å². The number of benzene rings is 1. The van der Waals surface area contributed by atoms with Crippen LogP contribution >= 0.6 is 0 Å². The first-order valence-electron chi connectivity index (χ1n) is 3.81. The van der Waals surface area contributed by atoms with Gasteiger partial charge >= 0.3 is 12.0 Å². The summed E-state index contributed by atoms with van der Waals surface area (Å²) in [5, 5.41) is 10.5. The van der Waals surface area contributed by atoms with Crippen molar-refractivity contribution in [1.82, 2.24) is 0 Å². The molecule has 0 aromatic heterocycles. The average molecular weight is 221 g/mol. The largest absolute Gasteiger partial charge is 0.573 e. The maximum Gasteiger partial charge on any atom is 0.573 e. The van der Waals surface area contributed by atoms with Gasteiger partial charge < -0.3 is 4.74 Å². The Balaban J connectivity index is 3.18. The third-order valence-electron chi connectivity index (χ3n) is 1.61. The molecule has 0 aliphatic rings. The van der Waals surface area contributed by atoms with E-state index in [1.54, 1.807) is 0 Å². The van der Waals surface area contributed by atoms with Crippen molar-refractivity contribution >= 4 is 5.69 Å². The van der Waals surface area contributed by atoms with Crippen molar-refractivity contribution in [3.8, 4) is 5.75 Å². The molecule has 0 fully saturated rings. The Morgan fingerprint density at radius 2 is 2.00 bits per heavy atom. The number of nitro groups is 1. The van der Waals surface area contributed by atoms with Crippen LogP contribution in [0.3, 0.4) is 0 Å². The van der Waals surface area contributed by atoms with E-state index >= 15 is 0 Å². The summed E-state index contributed by atoms with van der Waals surface area (Å²) in [5.74, 6) is -0.799. The Bertz CT molecular complexity index is 389. The molecule has 0 atom stereocenters. The fraction of sp³-hybridized carbons (Fsp3) is 0.250. The van der Waals surface area contributed by atoms with Crippen LogP contribution in [0.15, 0.2) is 18.2 Å². The van der Waals surface area contributed by atoms with Gasteiger partial charge in [-0.25, -0.2) is 0 Å². The van der Waals surface area contributed by atoms with E-state index in [0.717, 1.165) is 6.07 Å². The molecular weight excluding hydrogens is 215 g/mol. The van der Waals surface area contributed by atoms with Crippen molar-refractivity contribution in [2.24, 2.45) is 0 Å². The summed E-state index contributed by atoms with van der Waals surface area (Å²) in [6.07, 6.45) is -4.93. The van der Waals surface area contributed by atoms with Crippen LogP contribution in [0.1, 0.15) is 5.56 Å². The van der Waals surface area contributed by atoms with Gasteiger partial charge in [-0.3, -0.25) is 10.1 Å². The first-order valence-corrected chi connectivity index (χ1v) is 3.81. The van der Waals surface area contributed by atoms with E-state index in [4.69, 9.17) is 0 Å². The average Bonchev–Trinajstić information content (AvgIpc) is 1.99. The van der Waals surface area contributed by atoms with E-state index in [2.05, 4.69) is 4.74 Å². The summed E-state index contributed by atoms with van der Waals surface area (Å²) in [7, 11) is 0. The van der Waals surface area contributed by atoms with E-state index in [1.165, 1.54) is 19.1 Å². The quantitative estimate of drug-likeness (QED) is 0.569. The van der Waals surface area contributed by atoms with Crippen LogP contribution in [-0.2, 0) is 0 Å². The molecule has 0 aliphatic heterocycles. The molecule has 0 N–H and O–H groups in total. The van der Waals surface area contributed by atoms with E-state index in [9.17, 15) is 23.3 Å². The Kier molecular flexibility index (Phi) is 2.83. The predicted octanol–water partition coefficient (Wildman–Crippen LogP) is 2.80. The molecule has 82 valence electrons. The van der Waals surface area contributed by atoms with Crippen molar-refractivity contribution < 1.29 is 22.8 Å². The van der Waals surface area contributed by atoms with E-state index < -0.39 is 22.7 Å². The molecule has 0 saturated heterocycles. The molecule has 7 heteroatoms. The fourth-order valence-corrected chi connectivity index (χ4v) is 1.07. The lowest BCUT2D eigenvalue weighted by Crippen LogP contribution is -2.18. The smallest absolute Gasteiger partial charge is 0.398 e. The van der Waals surface area contributed by atoms with E-state index in [1.807, 2.05) is 0 Å². The van der Waals surface area contributed by atoms with Crippen molar-refractivity contribution in [3.05, 3.63) is 33.9 Å². The third-order valence-corrected chi connectivity index (χ3v) is 1.61. The number of ether oxygens (including phenoxy) is 1. The topological polar surface area (TPSA) is 52.4 Å². The molecule has 0 radical (unpaired) electrons. The normalized spacial score (nSPS) is 11.2. The number of hydrogen-bond donors (Lipinski definition) is 0. The van der Waals surface area contributed by atoms with Gasteiger partial charge in [0.1, 0.15) is 0 Å². The van der Waals surface area contributed by atoms with Crippen molar-refractivity contribution in [3.63, 3.8) is 0 Å². The summed E-state index contributed by atoms with van der Waals surface area (Å²) in [4.78, 5) is 9.58. The number of rotatable bonds is 2. The van der Waals surface area contributed by atoms with E-state index in [0.29, 0.717) is 0 Å². The van der Waals surface area contributed by atoms with Crippen LogP contribution in [0.4, 0.5) is 18.9 Å². The minimum absolute atomic E-state index is 0.113. The highest BCUT2D eigenvalue weighted by atomic mass is 19.4. The third kappa shape index (κ3) is 2.83. The van der Waals surface area contributed by atoms with Crippen LogP contribution in [0.5, 0.6) is 5.75 Å². The van der Waals surface area contributed by atoms with Gasteiger partial charge in [-0.2, -0.15) is 0 Å². The summed E-state index contributed by atoms with van der Waals surface area (Å²) in [6, 6.07) is 3.49. The number of alkyl halides is 3. The van der Waals surface area contributed by atoms with Gasteiger partial charge in [0.15, 0.2) is 0 Å². The highest BCUT2D eigenvalue weighted by Crippen LogP contribution is 2.33. The molecule has 0 saturated carbocycles. The van der Waals surface area contributed by atoms with Gasteiger partial charge in [0.2, 0.25) is 5.75 Å². The standard InChI is InChI=1S/C8H6F3NO3/c1-5-3-2-4-6(7(5)12(13)14)15-8(9,10)11/h2-4H,1H3. The highest BCUT2D eigenvalue weighted by molar-refractivity contribution is 5.52. The number of nitrogens with zero attached hydrogens (tertiary/aromatic N) is 1. The number of nitro benzene ring substituents is 1. The summed E-state index contributed by atoms with van der Waals surface area (Å²) in [6.45, 7) is 1.33. The van der Waals surface area contributed by atoms with Crippen LogP contribution in [0.25, 0.3) is 0 Å². The number of halogens is 3. The van der Waals surface area contributed by atoms with Crippen molar-refractivity contribution in [2.75, 3.05) is 0 Å².